The van der Waals surface area contributed by atoms with Gasteiger partial charge in [-0.2, -0.15) is 0 Å². The predicted molar refractivity (Wildman–Crippen MR) is 178 cm³/mol. The standard InChI is InChI=1S/C40H38O4/c1-7-39(8-2)33-23-25(3)13-19-31(33)36-29-11-9-10-12-30(29)38-32(37(36)39)21-22-40(44-38,26-14-17-28(41-4)18-15-26)27-16-20-34(42-5)35(24-27)43-6/h9-24H,7-8H2,1-6H3. The number of aryl methyl sites for hydroxylation is 1. The lowest BCUT2D eigenvalue weighted by Gasteiger charge is -2.39. The summed E-state index contributed by atoms with van der Waals surface area (Å²) < 4.78 is 24.3. The van der Waals surface area contributed by atoms with Gasteiger partial charge in [-0.05, 0) is 77.7 Å². The normalized spacial score (nSPS) is 17.4. The number of rotatable bonds is 7. The Morgan fingerprint density at radius 3 is 2.09 bits per heavy atom. The topological polar surface area (TPSA) is 36.9 Å². The van der Waals surface area contributed by atoms with Crippen LogP contribution in [0.1, 0.15) is 60.1 Å². The Morgan fingerprint density at radius 2 is 1.41 bits per heavy atom. The summed E-state index contributed by atoms with van der Waals surface area (Å²) in [6, 6.07) is 29.9. The van der Waals surface area contributed by atoms with Crippen LogP contribution in [0.2, 0.25) is 0 Å². The van der Waals surface area contributed by atoms with E-state index in [1.807, 2.05) is 24.3 Å². The van der Waals surface area contributed by atoms with Crippen LogP contribution in [-0.2, 0) is 11.0 Å². The highest BCUT2D eigenvalue weighted by atomic mass is 16.5. The van der Waals surface area contributed by atoms with E-state index < -0.39 is 5.60 Å². The number of benzene rings is 5. The molecule has 4 heteroatoms. The van der Waals surface area contributed by atoms with E-state index in [2.05, 4.69) is 93.6 Å². The Morgan fingerprint density at radius 1 is 0.705 bits per heavy atom. The number of ether oxygens (including phenoxy) is 4. The van der Waals surface area contributed by atoms with Crippen LogP contribution < -0.4 is 18.9 Å². The molecule has 0 N–H and O–H groups in total. The van der Waals surface area contributed by atoms with Gasteiger partial charge in [0.05, 0.1) is 21.3 Å². The van der Waals surface area contributed by atoms with Crippen LogP contribution in [0.15, 0.2) is 91.0 Å². The molecule has 0 fully saturated rings. The molecule has 0 radical (unpaired) electrons. The first-order valence-electron chi connectivity index (χ1n) is 15.4. The molecular weight excluding hydrogens is 544 g/mol. The molecule has 1 aliphatic carbocycles. The first-order chi connectivity index (χ1) is 21.4. The van der Waals surface area contributed by atoms with Gasteiger partial charge in [-0.3, -0.25) is 0 Å². The van der Waals surface area contributed by atoms with Crippen molar-refractivity contribution in [3.8, 4) is 34.1 Å². The van der Waals surface area contributed by atoms with Gasteiger partial charge in [-0.15, -0.1) is 0 Å². The highest BCUT2D eigenvalue weighted by molar-refractivity contribution is 6.08. The maximum atomic E-state index is 7.46. The van der Waals surface area contributed by atoms with Gasteiger partial charge in [0.25, 0.3) is 0 Å². The van der Waals surface area contributed by atoms with Gasteiger partial charge in [0.2, 0.25) is 0 Å². The molecule has 1 unspecified atom stereocenters. The zero-order valence-electron chi connectivity index (χ0n) is 26.3. The molecule has 0 amide bonds. The van der Waals surface area contributed by atoms with Gasteiger partial charge in [-0.25, -0.2) is 0 Å². The minimum Gasteiger partial charge on any atom is -0.497 e. The Bertz CT molecular complexity index is 1930. The molecule has 0 bridgehead atoms. The second-order valence-corrected chi connectivity index (χ2v) is 11.8. The van der Waals surface area contributed by atoms with Gasteiger partial charge in [0.1, 0.15) is 11.5 Å². The van der Waals surface area contributed by atoms with Crippen molar-refractivity contribution in [2.24, 2.45) is 0 Å². The van der Waals surface area contributed by atoms with Gasteiger partial charge in [-0.1, -0.05) is 86.2 Å². The first kappa shape index (κ1) is 28.1. The monoisotopic (exact) mass is 582 g/mol. The lowest BCUT2D eigenvalue weighted by Crippen LogP contribution is -2.35. The summed E-state index contributed by atoms with van der Waals surface area (Å²) >= 11 is 0. The maximum absolute atomic E-state index is 7.46. The molecule has 222 valence electrons. The van der Waals surface area contributed by atoms with Crippen molar-refractivity contribution in [1.82, 2.24) is 0 Å². The highest BCUT2D eigenvalue weighted by Crippen LogP contribution is 2.60. The van der Waals surface area contributed by atoms with Crippen molar-refractivity contribution < 1.29 is 18.9 Å². The summed E-state index contributed by atoms with van der Waals surface area (Å²) in [5.41, 5.74) is 8.86. The smallest absolute Gasteiger partial charge is 0.178 e. The lowest BCUT2D eigenvalue weighted by atomic mass is 9.71. The van der Waals surface area contributed by atoms with Gasteiger partial charge in [0, 0.05) is 27.5 Å². The van der Waals surface area contributed by atoms with E-state index in [1.165, 1.54) is 38.8 Å². The van der Waals surface area contributed by atoms with Crippen LogP contribution in [0.3, 0.4) is 0 Å². The number of fused-ring (bicyclic) bond motifs is 8. The minimum absolute atomic E-state index is 0.109. The van der Waals surface area contributed by atoms with E-state index in [4.69, 9.17) is 18.9 Å². The molecule has 44 heavy (non-hydrogen) atoms. The molecular formula is C40H38O4. The Hall–Kier alpha value is -4.70. The van der Waals surface area contributed by atoms with Gasteiger partial charge in [0.15, 0.2) is 17.1 Å². The highest BCUT2D eigenvalue weighted by Gasteiger charge is 2.47. The van der Waals surface area contributed by atoms with Crippen molar-refractivity contribution in [1.29, 1.82) is 0 Å². The summed E-state index contributed by atoms with van der Waals surface area (Å²) in [6.45, 7) is 6.85. The van der Waals surface area contributed by atoms with Crippen molar-refractivity contribution in [2.45, 2.75) is 44.6 Å². The molecule has 0 spiro atoms. The molecule has 7 rings (SSSR count). The van der Waals surface area contributed by atoms with Crippen LogP contribution >= 0.6 is 0 Å². The van der Waals surface area contributed by atoms with Crippen molar-refractivity contribution in [2.75, 3.05) is 21.3 Å². The van der Waals surface area contributed by atoms with Crippen LogP contribution in [0, 0.1) is 6.92 Å². The third-order valence-electron chi connectivity index (χ3n) is 9.93. The van der Waals surface area contributed by atoms with E-state index >= 15 is 0 Å². The number of methoxy groups -OCH3 is 3. The van der Waals surface area contributed by atoms with Gasteiger partial charge >= 0.3 is 0 Å². The fourth-order valence-electron chi connectivity index (χ4n) is 7.64. The summed E-state index contributed by atoms with van der Waals surface area (Å²) in [6.07, 6.45) is 6.54. The van der Waals surface area contributed by atoms with E-state index in [0.29, 0.717) is 11.5 Å². The second kappa shape index (κ2) is 10.5. The molecule has 2 aliphatic rings. The largest absolute Gasteiger partial charge is 0.497 e. The summed E-state index contributed by atoms with van der Waals surface area (Å²) in [7, 11) is 5.01. The fourth-order valence-corrected chi connectivity index (χ4v) is 7.64. The SMILES string of the molecule is CCC1(CC)c2cc(C)ccc2-c2c1c1c(c3ccccc23)OC(c2ccc(OC)cc2)(c2ccc(OC)c(OC)c2)C=C1. The molecule has 5 aromatic carbocycles. The van der Waals surface area contributed by atoms with E-state index in [-0.39, 0.29) is 5.41 Å². The Labute approximate surface area is 259 Å². The number of hydrogen-bond donors (Lipinski definition) is 0. The zero-order valence-corrected chi connectivity index (χ0v) is 26.3. The molecule has 1 aliphatic heterocycles. The first-order valence-corrected chi connectivity index (χ1v) is 15.4. The molecule has 1 atom stereocenters. The van der Waals surface area contributed by atoms with Crippen molar-refractivity contribution in [3.05, 3.63) is 124 Å². The average molecular weight is 583 g/mol. The van der Waals surface area contributed by atoms with Crippen LogP contribution in [0.5, 0.6) is 23.0 Å². The summed E-state index contributed by atoms with van der Waals surface area (Å²) in [5, 5.41) is 2.33. The fraction of sp³-hybridized carbons (Fsp3) is 0.250. The quantitative estimate of drug-likeness (QED) is 0.191. The zero-order chi connectivity index (χ0) is 30.6. The van der Waals surface area contributed by atoms with Crippen molar-refractivity contribution >= 4 is 16.8 Å². The van der Waals surface area contributed by atoms with Crippen LogP contribution in [-0.4, -0.2) is 21.3 Å². The Kier molecular flexibility index (Phi) is 6.69. The van der Waals surface area contributed by atoms with E-state index in [9.17, 15) is 0 Å². The van der Waals surface area contributed by atoms with E-state index in [0.717, 1.165) is 40.9 Å². The third kappa shape index (κ3) is 3.83. The van der Waals surface area contributed by atoms with Crippen LogP contribution in [0.4, 0.5) is 0 Å². The third-order valence-corrected chi connectivity index (χ3v) is 9.93. The second-order valence-electron chi connectivity index (χ2n) is 11.8. The van der Waals surface area contributed by atoms with E-state index in [1.54, 1.807) is 21.3 Å². The summed E-state index contributed by atoms with van der Waals surface area (Å²) in [4.78, 5) is 0. The minimum atomic E-state index is -0.918. The average Bonchev–Trinajstić information content (AvgIpc) is 3.37. The van der Waals surface area contributed by atoms with Gasteiger partial charge < -0.3 is 18.9 Å². The van der Waals surface area contributed by atoms with Crippen LogP contribution in [0.25, 0.3) is 28.0 Å². The summed E-state index contributed by atoms with van der Waals surface area (Å²) in [5.74, 6) is 3.03. The molecule has 5 aromatic rings. The molecule has 1 heterocycles. The van der Waals surface area contributed by atoms with Crippen molar-refractivity contribution in [3.63, 3.8) is 0 Å². The molecule has 0 aromatic heterocycles. The molecule has 4 nitrogen and oxygen atoms in total. The predicted octanol–water partition coefficient (Wildman–Crippen LogP) is 9.61. The Balaban J connectivity index is 1.55. The maximum Gasteiger partial charge on any atom is 0.178 e. The lowest BCUT2D eigenvalue weighted by molar-refractivity contribution is 0.162. The molecule has 0 saturated heterocycles. The number of hydrogen-bond acceptors (Lipinski definition) is 4. The molecule has 0 saturated carbocycles.